The fourth-order valence-electron chi connectivity index (χ4n) is 6.11. The maximum Gasteiger partial charge on any atom is 0.230 e. The minimum absolute atomic E-state index is 0.00644. The summed E-state index contributed by atoms with van der Waals surface area (Å²) in [6.07, 6.45) is 8.75. The van der Waals surface area contributed by atoms with Crippen LogP contribution in [0.15, 0.2) is 29.3 Å². The third-order valence-corrected chi connectivity index (χ3v) is 7.29. The van der Waals surface area contributed by atoms with Crippen LogP contribution in [0.3, 0.4) is 0 Å². The molecule has 1 heterocycles. The molecule has 1 N–H and O–H groups in total. The first-order valence-electron chi connectivity index (χ1n) is 9.20. The number of benzene rings is 1. The number of halogens is 3. The van der Waals surface area contributed by atoms with E-state index in [1.165, 1.54) is 6.33 Å². The molecule has 4 aliphatic carbocycles. The van der Waals surface area contributed by atoms with Crippen molar-refractivity contribution in [2.24, 2.45) is 17.3 Å². The molecule has 4 bridgehead atoms. The van der Waals surface area contributed by atoms with Gasteiger partial charge in [-0.1, -0.05) is 0 Å². The maximum atomic E-state index is 14.2. The van der Waals surface area contributed by atoms with Crippen LogP contribution in [0, 0.1) is 28.9 Å². The maximum absolute atomic E-state index is 14.2. The van der Waals surface area contributed by atoms with Gasteiger partial charge < -0.3 is 5.32 Å². The van der Waals surface area contributed by atoms with Crippen molar-refractivity contribution in [2.45, 2.75) is 44.1 Å². The number of hydrogen-bond acceptors (Lipinski definition) is 3. The second-order valence-corrected chi connectivity index (χ2v) is 9.36. The van der Waals surface area contributed by atoms with Gasteiger partial charge in [0.15, 0.2) is 5.82 Å². The molecule has 142 valence electrons. The zero-order chi connectivity index (χ0) is 18.8. The van der Waals surface area contributed by atoms with Gasteiger partial charge in [-0.25, -0.2) is 18.4 Å². The zero-order valence-corrected chi connectivity index (χ0v) is 16.2. The van der Waals surface area contributed by atoms with Crippen molar-refractivity contribution in [3.05, 3.63) is 40.9 Å². The summed E-state index contributed by atoms with van der Waals surface area (Å²) in [7, 11) is 0. The van der Waals surface area contributed by atoms with Crippen LogP contribution in [0.2, 0.25) is 0 Å². The molecule has 1 aromatic carbocycles. The molecule has 0 unspecified atom stereocenters. The van der Waals surface area contributed by atoms with Crippen molar-refractivity contribution in [3.8, 4) is 0 Å². The van der Waals surface area contributed by atoms with Crippen molar-refractivity contribution in [1.29, 1.82) is 0 Å². The highest BCUT2D eigenvalue weighted by atomic mass is 79.9. The van der Waals surface area contributed by atoms with E-state index in [0.717, 1.165) is 44.2 Å². The van der Waals surface area contributed by atoms with Gasteiger partial charge in [0, 0.05) is 10.5 Å². The molecule has 0 saturated heterocycles. The van der Waals surface area contributed by atoms with Gasteiger partial charge in [-0.2, -0.15) is 5.10 Å². The highest BCUT2D eigenvalue weighted by Crippen LogP contribution is 2.64. The SMILES string of the molecule is O=C(Nc1c(F)cc(F)cc1Br)C12C[C@H]3C[C@H](C1)CC(n1cncn1)(C3)C2. The summed E-state index contributed by atoms with van der Waals surface area (Å²) in [4.78, 5) is 17.4. The average molecular weight is 437 g/mol. The van der Waals surface area contributed by atoms with E-state index in [4.69, 9.17) is 0 Å². The fourth-order valence-corrected chi connectivity index (χ4v) is 6.62. The molecule has 0 aliphatic heterocycles. The van der Waals surface area contributed by atoms with Gasteiger partial charge in [-0.05, 0) is 72.4 Å². The van der Waals surface area contributed by atoms with Crippen LogP contribution in [0.5, 0.6) is 0 Å². The zero-order valence-electron chi connectivity index (χ0n) is 14.6. The van der Waals surface area contributed by atoms with Gasteiger partial charge in [-0.15, -0.1) is 0 Å². The van der Waals surface area contributed by atoms with Gasteiger partial charge in [0.05, 0.1) is 16.6 Å². The van der Waals surface area contributed by atoms with Crippen LogP contribution in [0.4, 0.5) is 14.5 Å². The number of carbonyl (C=O) groups is 1. The minimum Gasteiger partial charge on any atom is -0.322 e. The van der Waals surface area contributed by atoms with Gasteiger partial charge >= 0.3 is 0 Å². The number of rotatable bonds is 3. The standard InChI is InChI=1S/C19H19BrF2N4O/c20-14-2-13(21)3-15(22)16(14)25-17(27)18-4-11-1-12(5-18)7-19(6-11,8-18)26-10-23-9-24-26/h2-3,9-12H,1,4-8H2,(H,25,27)/t11-,12-,18?,19?/m1/s1. The molecular weight excluding hydrogens is 418 g/mol. The van der Waals surface area contributed by atoms with Gasteiger partial charge in [-0.3, -0.25) is 4.79 Å². The number of nitrogens with one attached hydrogen (secondary N) is 1. The molecule has 4 aliphatic rings. The van der Waals surface area contributed by atoms with Crippen molar-refractivity contribution in [3.63, 3.8) is 0 Å². The molecule has 5 nitrogen and oxygen atoms in total. The van der Waals surface area contributed by atoms with E-state index in [1.54, 1.807) is 6.33 Å². The van der Waals surface area contributed by atoms with Crippen LogP contribution in [-0.4, -0.2) is 20.7 Å². The molecule has 8 heteroatoms. The molecule has 27 heavy (non-hydrogen) atoms. The Balaban J connectivity index is 1.49. The number of carbonyl (C=O) groups excluding carboxylic acids is 1. The Morgan fingerprint density at radius 1 is 1.22 bits per heavy atom. The summed E-state index contributed by atoms with van der Waals surface area (Å²) >= 11 is 3.16. The Hall–Kier alpha value is -1.83. The van der Waals surface area contributed by atoms with Crippen LogP contribution in [0.25, 0.3) is 0 Å². The van der Waals surface area contributed by atoms with Gasteiger partial charge in [0.1, 0.15) is 18.5 Å². The van der Waals surface area contributed by atoms with E-state index in [9.17, 15) is 13.6 Å². The van der Waals surface area contributed by atoms with E-state index in [0.29, 0.717) is 18.3 Å². The van der Waals surface area contributed by atoms with Crippen LogP contribution >= 0.6 is 15.9 Å². The van der Waals surface area contributed by atoms with Crippen molar-refractivity contribution < 1.29 is 13.6 Å². The highest BCUT2D eigenvalue weighted by Gasteiger charge is 2.61. The number of amides is 1. The summed E-state index contributed by atoms with van der Waals surface area (Å²) in [6.45, 7) is 0. The molecule has 4 saturated carbocycles. The first-order valence-corrected chi connectivity index (χ1v) is 10.00. The van der Waals surface area contributed by atoms with Gasteiger partial charge in [0.2, 0.25) is 5.91 Å². The molecule has 1 amide bonds. The topological polar surface area (TPSA) is 59.8 Å². The molecule has 2 atom stereocenters. The number of hydrogen-bond donors (Lipinski definition) is 1. The van der Waals surface area contributed by atoms with Crippen LogP contribution < -0.4 is 5.32 Å². The van der Waals surface area contributed by atoms with Crippen molar-refractivity contribution >= 4 is 27.5 Å². The minimum atomic E-state index is -0.772. The molecule has 0 radical (unpaired) electrons. The van der Waals surface area contributed by atoms with E-state index in [-0.39, 0.29) is 21.6 Å². The Morgan fingerprint density at radius 2 is 1.96 bits per heavy atom. The summed E-state index contributed by atoms with van der Waals surface area (Å²) in [5.41, 5.74) is -0.723. The van der Waals surface area contributed by atoms with Crippen molar-refractivity contribution in [2.75, 3.05) is 5.32 Å². The Labute approximate surface area is 163 Å². The lowest BCUT2D eigenvalue weighted by molar-refractivity contribution is -0.150. The monoisotopic (exact) mass is 436 g/mol. The lowest BCUT2D eigenvalue weighted by Crippen LogP contribution is -2.60. The van der Waals surface area contributed by atoms with Crippen molar-refractivity contribution in [1.82, 2.24) is 14.8 Å². The van der Waals surface area contributed by atoms with E-state index in [2.05, 4.69) is 31.3 Å². The molecule has 4 fully saturated rings. The first-order chi connectivity index (χ1) is 12.9. The summed E-state index contributed by atoms with van der Waals surface area (Å²) < 4.78 is 29.7. The lowest BCUT2D eigenvalue weighted by atomic mass is 9.46. The fraction of sp³-hybridized carbons (Fsp3) is 0.526. The molecule has 2 aromatic rings. The summed E-state index contributed by atoms with van der Waals surface area (Å²) in [5, 5.41) is 7.14. The molecule has 0 spiro atoms. The third kappa shape index (κ3) is 2.63. The van der Waals surface area contributed by atoms with E-state index < -0.39 is 17.0 Å². The second-order valence-electron chi connectivity index (χ2n) is 8.50. The van der Waals surface area contributed by atoms with Crippen LogP contribution in [0.1, 0.15) is 38.5 Å². The van der Waals surface area contributed by atoms with E-state index in [1.807, 2.05) is 4.68 Å². The normalized spacial score (nSPS) is 34.0. The molecule has 6 rings (SSSR count). The number of nitrogens with zero attached hydrogens (tertiary/aromatic N) is 3. The summed E-state index contributed by atoms with van der Waals surface area (Å²) in [5.74, 6) is -0.707. The second kappa shape index (κ2) is 5.83. The number of anilines is 1. The number of aromatic nitrogens is 3. The predicted molar refractivity (Wildman–Crippen MR) is 97.8 cm³/mol. The Morgan fingerprint density at radius 3 is 2.59 bits per heavy atom. The summed E-state index contributed by atoms with van der Waals surface area (Å²) in [6, 6.07) is 1.95. The first kappa shape index (κ1) is 17.3. The third-order valence-electron chi connectivity index (χ3n) is 6.66. The van der Waals surface area contributed by atoms with Crippen LogP contribution in [-0.2, 0) is 10.3 Å². The molecule has 1 aromatic heterocycles. The quantitative estimate of drug-likeness (QED) is 0.781. The predicted octanol–water partition coefficient (Wildman–Crippen LogP) is 4.25. The molecular formula is C19H19BrF2N4O. The highest BCUT2D eigenvalue weighted by molar-refractivity contribution is 9.10. The van der Waals surface area contributed by atoms with E-state index >= 15 is 0 Å². The van der Waals surface area contributed by atoms with Gasteiger partial charge in [0.25, 0.3) is 0 Å². The average Bonchev–Trinajstić information content (AvgIpc) is 3.12. The largest absolute Gasteiger partial charge is 0.322 e. The lowest BCUT2D eigenvalue weighted by Gasteiger charge is -2.60. The Kier molecular flexibility index (Phi) is 3.73. The Bertz CT molecular complexity index is 879. The smallest absolute Gasteiger partial charge is 0.230 e.